The van der Waals surface area contributed by atoms with E-state index in [1.807, 2.05) is 43.3 Å². The number of carbonyl (C=O) groups is 2. The van der Waals surface area contributed by atoms with E-state index in [4.69, 9.17) is 23.2 Å². The van der Waals surface area contributed by atoms with Gasteiger partial charge in [0.1, 0.15) is 6.04 Å². The Balaban J connectivity index is 2.03. The molecule has 0 aromatic heterocycles. The molecule has 0 bridgehead atoms. The van der Waals surface area contributed by atoms with Crippen molar-refractivity contribution in [1.82, 2.24) is 10.2 Å². The van der Waals surface area contributed by atoms with Crippen molar-refractivity contribution in [3.05, 3.63) is 69.7 Å². The highest BCUT2D eigenvalue weighted by Crippen LogP contribution is 2.18. The van der Waals surface area contributed by atoms with Crippen LogP contribution in [0, 0.1) is 0 Å². The minimum atomic E-state index is -0.556. The fourth-order valence-corrected chi connectivity index (χ4v) is 3.73. The van der Waals surface area contributed by atoms with Crippen molar-refractivity contribution >= 4 is 46.8 Å². The van der Waals surface area contributed by atoms with Crippen LogP contribution in [-0.4, -0.2) is 35.1 Å². The number of hydrogen-bond acceptors (Lipinski definition) is 3. The second kappa shape index (κ2) is 11.3. The molecule has 2 aromatic rings. The van der Waals surface area contributed by atoms with Crippen molar-refractivity contribution in [2.75, 3.05) is 12.3 Å². The van der Waals surface area contributed by atoms with E-state index >= 15 is 0 Å². The van der Waals surface area contributed by atoms with Crippen LogP contribution in [0.2, 0.25) is 10.0 Å². The lowest BCUT2D eigenvalue weighted by Gasteiger charge is -2.28. The number of hydrogen-bond donors (Lipinski definition) is 1. The SMILES string of the molecule is CCNC(=O)C(C)N(Cc1ccc(Cl)cc1)C(=O)CSCc1ccc(Cl)cc1. The number of thioether (sulfide) groups is 1. The second-order valence-corrected chi connectivity index (χ2v) is 8.20. The number of benzene rings is 2. The summed E-state index contributed by atoms with van der Waals surface area (Å²) in [6.07, 6.45) is 0. The quantitative estimate of drug-likeness (QED) is 0.612. The van der Waals surface area contributed by atoms with Gasteiger partial charge in [0.25, 0.3) is 0 Å². The molecule has 0 aliphatic rings. The number of carbonyl (C=O) groups excluding carboxylic acids is 2. The molecule has 2 aromatic carbocycles. The van der Waals surface area contributed by atoms with E-state index in [2.05, 4.69) is 5.32 Å². The van der Waals surface area contributed by atoms with Gasteiger partial charge in [0.2, 0.25) is 11.8 Å². The maximum Gasteiger partial charge on any atom is 0.242 e. The van der Waals surface area contributed by atoms with Gasteiger partial charge < -0.3 is 10.2 Å². The Kier molecular flexibility index (Phi) is 9.16. The van der Waals surface area contributed by atoms with Gasteiger partial charge in [-0.3, -0.25) is 9.59 Å². The van der Waals surface area contributed by atoms with Gasteiger partial charge in [-0.15, -0.1) is 11.8 Å². The Hall–Kier alpha value is -1.69. The van der Waals surface area contributed by atoms with Crippen molar-refractivity contribution in [2.45, 2.75) is 32.2 Å². The molecule has 0 saturated carbocycles. The van der Waals surface area contributed by atoms with Crippen LogP contribution in [0.15, 0.2) is 48.5 Å². The molecule has 150 valence electrons. The van der Waals surface area contributed by atoms with Gasteiger partial charge in [0.05, 0.1) is 5.75 Å². The first kappa shape index (κ1) is 22.6. The smallest absolute Gasteiger partial charge is 0.242 e. The number of nitrogens with one attached hydrogen (secondary N) is 1. The molecule has 0 aliphatic carbocycles. The summed E-state index contributed by atoms with van der Waals surface area (Å²) in [6, 6.07) is 14.3. The summed E-state index contributed by atoms with van der Waals surface area (Å²) in [5.41, 5.74) is 2.03. The van der Waals surface area contributed by atoms with Gasteiger partial charge in [-0.25, -0.2) is 0 Å². The van der Waals surface area contributed by atoms with Crippen LogP contribution in [0.3, 0.4) is 0 Å². The van der Waals surface area contributed by atoms with Crippen LogP contribution in [0.4, 0.5) is 0 Å². The van der Waals surface area contributed by atoms with E-state index in [9.17, 15) is 9.59 Å². The Labute approximate surface area is 180 Å². The molecule has 4 nitrogen and oxygen atoms in total. The molecule has 1 unspecified atom stereocenters. The van der Waals surface area contributed by atoms with Gasteiger partial charge >= 0.3 is 0 Å². The van der Waals surface area contributed by atoms with Crippen LogP contribution >= 0.6 is 35.0 Å². The van der Waals surface area contributed by atoms with Crippen molar-refractivity contribution in [1.29, 1.82) is 0 Å². The average molecular weight is 439 g/mol. The van der Waals surface area contributed by atoms with Crippen molar-refractivity contribution in [2.24, 2.45) is 0 Å². The van der Waals surface area contributed by atoms with Gasteiger partial charge in [0.15, 0.2) is 0 Å². The zero-order valence-corrected chi connectivity index (χ0v) is 18.3. The predicted octanol–water partition coefficient (Wildman–Crippen LogP) is 4.78. The third kappa shape index (κ3) is 7.04. The molecule has 0 aliphatic heterocycles. The molecule has 0 heterocycles. The van der Waals surface area contributed by atoms with Crippen LogP contribution in [0.5, 0.6) is 0 Å². The number of rotatable bonds is 9. The van der Waals surface area contributed by atoms with E-state index in [-0.39, 0.29) is 11.8 Å². The lowest BCUT2D eigenvalue weighted by Crippen LogP contribution is -2.48. The van der Waals surface area contributed by atoms with Crippen LogP contribution < -0.4 is 5.32 Å². The molecule has 7 heteroatoms. The molecule has 0 fully saturated rings. The minimum absolute atomic E-state index is 0.0762. The molecule has 28 heavy (non-hydrogen) atoms. The second-order valence-electron chi connectivity index (χ2n) is 6.34. The normalized spacial score (nSPS) is 11.7. The Morgan fingerprint density at radius 2 is 1.54 bits per heavy atom. The fraction of sp³-hybridized carbons (Fsp3) is 0.333. The van der Waals surface area contributed by atoms with Gasteiger partial charge in [-0.2, -0.15) is 0 Å². The lowest BCUT2D eigenvalue weighted by atomic mass is 10.1. The first-order chi connectivity index (χ1) is 13.4. The highest BCUT2D eigenvalue weighted by molar-refractivity contribution is 7.99. The average Bonchev–Trinajstić information content (AvgIpc) is 2.68. The third-order valence-electron chi connectivity index (χ3n) is 4.19. The van der Waals surface area contributed by atoms with E-state index in [0.29, 0.717) is 34.6 Å². The predicted molar refractivity (Wildman–Crippen MR) is 118 cm³/mol. The lowest BCUT2D eigenvalue weighted by molar-refractivity contribution is -0.138. The van der Waals surface area contributed by atoms with Crippen LogP contribution in [0.1, 0.15) is 25.0 Å². The summed E-state index contributed by atoms with van der Waals surface area (Å²) in [6.45, 7) is 4.49. The largest absolute Gasteiger partial charge is 0.355 e. The molecule has 0 radical (unpaired) electrons. The number of likely N-dealkylation sites (N-methyl/N-ethyl adjacent to an activating group) is 1. The summed E-state index contributed by atoms with van der Waals surface area (Å²) >= 11 is 13.4. The standard InChI is InChI=1S/C21H24Cl2N2O2S/c1-3-24-21(27)15(2)25(12-16-4-8-18(22)9-5-16)20(26)14-28-13-17-6-10-19(23)11-7-17/h4-11,15H,3,12-14H2,1-2H3,(H,24,27). The van der Waals surface area contributed by atoms with E-state index in [0.717, 1.165) is 11.1 Å². The highest BCUT2D eigenvalue weighted by Gasteiger charge is 2.25. The number of nitrogens with zero attached hydrogens (tertiary/aromatic N) is 1. The molecule has 2 amide bonds. The number of halogens is 2. The monoisotopic (exact) mass is 438 g/mol. The maximum absolute atomic E-state index is 12.9. The summed E-state index contributed by atoms with van der Waals surface area (Å²) in [4.78, 5) is 26.8. The zero-order chi connectivity index (χ0) is 20.5. The topological polar surface area (TPSA) is 49.4 Å². The summed E-state index contributed by atoms with van der Waals surface area (Å²) in [5.74, 6) is 0.757. The minimum Gasteiger partial charge on any atom is -0.355 e. The van der Waals surface area contributed by atoms with Gasteiger partial charge in [0, 0.05) is 28.9 Å². The summed E-state index contributed by atoms with van der Waals surface area (Å²) in [7, 11) is 0. The molecular formula is C21H24Cl2N2O2S. The Bertz CT molecular complexity index is 782. The number of amides is 2. The van der Waals surface area contributed by atoms with Crippen molar-refractivity contribution in [3.63, 3.8) is 0 Å². The molecule has 1 atom stereocenters. The van der Waals surface area contributed by atoms with Crippen LogP contribution in [0.25, 0.3) is 0 Å². The van der Waals surface area contributed by atoms with E-state index in [1.165, 1.54) is 11.8 Å². The van der Waals surface area contributed by atoms with E-state index in [1.54, 1.807) is 24.0 Å². The summed E-state index contributed by atoms with van der Waals surface area (Å²) in [5, 5.41) is 4.12. The van der Waals surface area contributed by atoms with Gasteiger partial charge in [-0.1, -0.05) is 47.5 Å². The molecular weight excluding hydrogens is 415 g/mol. The fourth-order valence-electron chi connectivity index (χ4n) is 2.61. The molecule has 1 N–H and O–H groups in total. The zero-order valence-electron chi connectivity index (χ0n) is 16.0. The maximum atomic E-state index is 12.9. The van der Waals surface area contributed by atoms with E-state index < -0.39 is 6.04 Å². The van der Waals surface area contributed by atoms with Gasteiger partial charge in [-0.05, 0) is 49.2 Å². The molecule has 0 saturated heterocycles. The molecule has 2 rings (SSSR count). The van der Waals surface area contributed by atoms with Crippen molar-refractivity contribution in [3.8, 4) is 0 Å². The molecule has 0 spiro atoms. The van der Waals surface area contributed by atoms with Crippen molar-refractivity contribution < 1.29 is 9.59 Å². The Morgan fingerprint density at radius 1 is 1.00 bits per heavy atom. The first-order valence-corrected chi connectivity index (χ1v) is 11.0. The summed E-state index contributed by atoms with van der Waals surface area (Å²) < 4.78 is 0. The highest BCUT2D eigenvalue weighted by atomic mass is 35.5. The Morgan fingerprint density at radius 3 is 2.07 bits per heavy atom. The first-order valence-electron chi connectivity index (χ1n) is 9.04. The van der Waals surface area contributed by atoms with Crippen LogP contribution in [-0.2, 0) is 21.9 Å². The third-order valence-corrected chi connectivity index (χ3v) is 5.68.